The van der Waals surface area contributed by atoms with Crippen molar-refractivity contribution in [2.24, 2.45) is 10.2 Å². The third kappa shape index (κ3) is 4.74. The van der Waals surface area contributed by atoms with Crippen molar-refractivity contribution in [2.45, 2.75) is 0 Å². The van der Waals surface area contributed by atoms with Crippen LogP contribution in [0.25, 0.3) is 0 Å². The molecule has 0 aliphatic carbocycles. The Morgan fingerprint density at radius 3 is 1.46 bits per heavy atom. The van der Waals surface area contributed by atoms with Crippen molar-refractivity contribution in [3.05, 3.63) is 84.2 Å². The van der Waals surface area contributed by atoms with Crippen LogP contribution in [0.2, 0.25) is 0 Å². The Kier molecular flexibility index (Phi) is 5.24. The van der Waals surface area contributed by atoms with Gasteiger partial charge in [0.15, 0.2) is 0 Å². The van der Waals surface area contributed by atoms with E-state index in [1.54, 1.807) is 24.8 Å². The highest BCUT2D eigenvalue weighted by Gasteiger charge is 1.91. The Labute approximate surface area is 140 Å². The van der Waals surface area contributed by atoms with Crippen LogP contribution in [0.3, 0.4) is 0 Å². The smallest absolute Gasteiger partial charge is 0.146 e. The van der Waals surface area contributed by atoms with Crippen molar-refractivity contribution in [3.8, 4) is 0 Å². The van der Waals surface area contributed by atoms with Crippen LogP contribution >= 0.6 is 0 Å². The van der Waals surface area contributed by atoms with Crippen molar-refractivity contribution < 1.29 is 0 Å². The summed E-state index contributed by atoms with van der Waals surface area (Å²) in [6.45, 7) is 0. The molecule has 0 unspecified atom stereocenters. The first-order valence-electron chi connectivity index (χ1n) is 7.40. The van der Waals surface area contributed by atoms with E-state index >= 15 is 0 Å². The minimum Gasteiger partial charge on any atom is -0.261 e. The number of rotatable bonds is 6. The number of hydrogen-bond acceptors (Lipinski definition) is 6. The summed E-state index contributed by atoms with van der Waals surface area (Å²) in [4.78, 5) is 8.26. The van der Waals surface area contributed by atoms with E-state index in [9.17, 15) is 0 Å². The fourth-order valence-electron chi connectivity index (χ4n) is 1.87. The summed E-state index contributed by atoms with van der Waals surface area (Å²) < 4.78 is 0. The quantitative estimate of drug-likeness (QED) is 0.540. The van der Waals surface area contributed by atoms with Gasteiger partial charge in [0.05, 0.1) is 12.4 Å². The van der Waals surface area contributed by atoms with Crippen molar-refractivity contribution in [1.29, 1.82) is 0 Å². The predicted octanol–water partition coefficient (Wildman–Crippen LogP) is 3.37. The zero-order chi connectivity index (χ0) is 16.5. The van der Waals surface area contributed by atoms with Crippen molar-refractivity contribution in [1.82, 2.24) is 9.97 Å². The van der Waals surface area contributed by atoms with Crippen LogP contribution < -0.4 is 10.9 Å². The highest BCUT2D eigenvalue weighted by molar-refractivity contribution is 5.84. The molecule has 2 N–H and O–H groups in total. The summed E-state index contributed by atoms with van der Waals surface area (Å²) in [6, 6.07) is 19.1. The monoisotopic (exact) mass is 316 g/mol. The van der Waals surface area contributed by atoms with Gasteiger partial charge in [-0.3, -0.25) is 10.9 Å². The molecule has 0 spiro atoms. The molecule has 0 saturated carbocycles. The Balaban J connectivity index is 1.53. The van der Waals surface area contributed by atoms with Gasteiger partial charge in [0.2, 0.25) is 0 Å². The van der Waals surface area contributed by atoms with Gasteiger partial charge in [-0.2, -0.15) is 10.2 Å². The number of benzene rings is 1. The topological polar surface area (TPSA) is 74.6 Å². The lowest BCUT2D eigenvalue weighted by Gasteiger charge is -1.99. The molecule has 1 aromatic carbocycles. The first-order chi connectivity index (χ1) is 11.9. The van der Waals surface area contributed by atoms with E-state index in [1.165, 1.54) is 0 Å². The molecule has 6 nitrogen and oxygen atoms in total. The van der Waals surface area contributed by atoms with Crippen LogP contribution in [0, 0.1) is 0 Å². The molecule has 0 amide bonds. The fourth-order valence-corrected chi connectivity index (χ4v) is 1.87. The average molecular weight is 316 g/mol. The van der Waals surface area contributed by atoms with Gasteiger partial charge in [-0.15, -0.1) is 0 Å². The van der Waals surface area contributed by atoms with E-state index in [2.05, 4.69) is 31.0 Å². The zero-order valence-electron chi connectivity index (χ0n) is 12.9. The number of hydrazone groups is 2. The first kappa shape index (κ1) is 15.4. The van der Waals surface area contributed by atoms with Crippen molar-refractivity contribution in [2.75, 3.05) is 10.9 Å². The maximum Gasteiger partial charge on any atom is 0.146 e. The number of nitrogens with zero attached hydrogens (tertiary/aromatic N) is 4. The van der Waals surface area contributed by atoms with Gasteiger partial charge in [0.25, 0.3) is 0 Å². The van der Waals surface area contributed by atoms with Crippen LogP contribution in [0.4, 0.5) is 11.6 Å². The second-order valence-corrected chi connectivity index (χ2v) is 4.84. The second kappa shape index (κ2) is 8.19. The van der Waals surface area contributed by atoms with E-state index in [4.69, 9.17) is 0 Å². The van der Waals surface area contributed by atoms with Crippen LogP contribution in [0.1, 0.15) is 11.1 Å². The number of nitrogens with one attached hydrogen (secondary N) is 2. The Hall–Kier alpha value is -3.54. The lowest BCUT2D eigenvalue weighted by molar-refractivity contribution is 1.23. The second-order valence-electron chi connectivity index (χ2n) is 4.84. The Bertz CT molecular complexity index is 727. The summed E-state index contributed by atoms with van der Waals surface area (Å²) in [7, 11) is 0. The van der Waals surface area contributed by atoms with Gasteiger partial charge in [-0.25, -0.2) is 9.97 Å². The van der Waals surface area contributed by atoms with Gasteiger partial charge in [0, 0.05) is 12.4 Å². The lowest BCUT2D eigenvalue weighted by Crippen LogP contribution is -1.94. The number of hydrogen-bond donors (Lipinski definition) is 2. The number of aromatic nitrogens is 2. The van der Waals surface area contributed by atoms with E-state index < -0.39 is 0 Å². The molecule has 0 aliphatic rings. The van der Waals surface area contributed by atoms with Crippen molar-refractivity contribution in [3.63, 3.8) is 0 Å². The molecule has 24 heavy (non-hydrogen) atoms. The van der Waals surface area contributed by atoms with Crippen LogP contribution in [-0.4, -0.2) is 22.4 Å². The molecule has 0 bridgehead atoms. The van der Waals surface area contributed by atoms with Gasteiger partial charge in [-0.1, -0.05) is 36.4 Å². The number of anilines is 2. The van der Waals surface area contributed by atoms with Crippen LogP contribution in [-0.2, 0) is 0 Å². The highest BCUT2D eigenvalue weighted by atomic mass is 15.3. The number of pyridine rings is 2. The molecule has 3 rings (SSSR count). The summed E-state index contributed by atoms with van der Waals surface area (Å²) in [6.07, 6.45) is 6.90. The minimum atomic E-state index is 0.707. The Morgan fingerprint density at radius 1 is 0.625 bits per heavy atom. The molecular formula is C18H16N6. The van der Waals surface area contributed by atoms with E-state index in [0.29, 0.717) is 11.6 Å². The first-order valence-corrected chi connectivity index (χ1v) is 7.40. The summed E-state index contributed by atoms with van der Waals surface area (Å²) in [5.74, 6) is 1.41. The summed E-state index contributed by atoms with van der Waals surface area (Å²) in [5, 5.41) is 8.30. The molecule has 0 radical (unpaired) electrons. The normalized spacial score (nSPS) is 11.0. The standard InChI is InChI=1S/C18H16N6/c1-3-11-19-17(5-1)23-21-13-15-7-9-16(10-8-15)14-22-24-18-6-2-4-12-20-18/h1-14H,(H,19,23)(H,20,24)/b21-13-,22-14-. The largest absolute Gasteiger partial charge is 0.261 e. The fraction of sp³-hybridized carbons (Fsp3) is 0. The van der Waals surface area contributed by atoms with Gasteiger partial charge < -0.3 is 0 Å². The summed E-state index contributed by atoms with van der Waals surface area (Å²) >= 11 is 0. The Morgan fingerprint density at radius 2 is 1.08 bits per heavy atom. The maximum absolute atomic E-state index is 4.15. The van der Waals surface area contributed by atoms with Crippen LogP contribution in [0.5, 0.6) is 0 Å². The molecule has 118 valence electrons. The molecule has 0 aliphatic heterocycles. The maximum atomic E-state index is 4.15. The lowest BCUT2D eigenvalue weighted by atomic mass is 10.2. The van der Waals surface area contributed by atoms with E-state index in [-0.39, 0.29) is 0 Å². The zero-order valence-corrected chi connectivity index (χ0v) is 12.9. The van der Waals surface area contributed by atoms with Crippen LogP contribution in [0.15, 0.2) is 83.3 Å². The minimum absolute atomic E-state index is 0.707. The third-order valence-corrected chi connectivity index (χ3v) is 3.05. The SMILES string of the molecule is C(=N/Nc1ccccn1)/c1ccc(/C=N\Nc2ccccn2)cc1. The molecule has 2 aromatic heterocycles. The van der Waals surface area contributed by atoms with E-state index in [1.807, 2.05) is 60.7 Å². The molecule has 2 heterocycles. The molecule has 3 aromatic rings. The molecule has 0 fully saturated rings. The highest BCUT2D eigenvalue weighted by Crippen LogP contribution is 2.03. The average Bonchev–Trinajstić information content (AvgIpc) is 2.65. The molecule has 0 atom stereocenters. The summed E-state index contributed by atoms with van der Waals surface area (Å²) in [5.41, 5.74) is 7.71. The molecule has 0 saturated heterocycles. The molecule has 6 heteroatoms. The predicted molar refractivity (Wildman–Crippen MR) is 97.3 cm³/mol. The van der Waals surface area contributed by atoms with Gasteiger partial charge in [0.1, 0.15) is 11.6 Å². The van der Waals surface area contributed by atoms with Crippen molar-refractivity contribution >= 4 is 24.1 Å². The van der Waals surface area contributed by atoms with Gasteiger partial charge in [-0.05, 0) is 35.4 Å². The van der Waals surface area contributed by atoms with Gasteiger partial charge >= 0.3 is 0 Å². The third-order valence-electron chi connectivity index (χ3n) is 3.05. The molecular weight excluding hydrogens is 300 g/mol. The van der Waals surface area contributed by atoms with E-state index in [0.717, 1.165) is 11.1 Å².